The van der Waals surface area contributed by atoms with Crippen molar-refractivity contribution in [3.8, 4) is 16.8 Å². The number of benzene rings is 3. The monoisotopic (exact) mass is 484 g/mol. The molecule has 1 heterocycles. The normalized spacial score (nSPS) is 10.8. The molecule has 0 spiro atoms. The molecule has 0 aliphatic heterocycles. The zero-order chi connectivity index (χ0) is 25.7. The van der Waals surface area contributed by atoms with Gasteiger partial charge in [-0.2, -0.15) is 5.10 Å². The van der Waals surface area contributed by atoms with E-state index in [-0.39, 0.29) is 30.6 Å². The molecular weight excluding hydrogens is 455 g/mol. The highest BCUT2D eigenvalue weighted by Gasteiger charge is 2.23. The molecule has 36 heavy (non-hydrogen) atoms. The van der Waals surface area contributed by atoms with E-state index in [4.69, 9.17) is 5.10 Å². The Bertz CT molecular complexity index is 1360. The van der Waals surface area contributed by atoms with E-state index < -0.39 is 0 Å². The van der Waals surface area contributed by atoms with Crippen LogP contribution in [0.25, 0.3) is 16.8 Å². The first-order valence-corrected chi connectivity index (χ1v) is 11.9. The molecule has 0 radical (unpaired) electrons. The lowest BCUT2D eigenvalue weighted by Gasteiger charge is -2.21. The standard InChI is InChI=1S/C29H29FN4O2/c1-4-33(27(36)18-22-14-16-24(30)17-15-22)19-26(35)31-29-28(23-11-6-5-7-12-23)21(3)32-34(29)25-13-9-8-10-20(25)2/h5-17H,4,18-19H2,1-3H3,(H,31,35). The quantitative estimate of drug-likeness (QED) is 0.368. The molecule has 0 bridgehead atoms. The minimum absolute atomic E-state index is 0.0942. The average Bonchev–Trinajstić information content (AvgIpc) is 3.19. The predicted octanol–water partition coefficient (Wildman–Crippen LogP) is 5.32. The maximum Gasteiger partial charge on any atom is 0.245 e. The molecular formula is C29H29FN4O2. The van der Waals surface area contributed by atoms with Crippen molar-refractivity contribution < 1.29 is 14.0 Å². The van der Waals surface area contributed by atoms with E-state index in [0.717, 1.165) is 28.1 Å². The van der Waals surface area contributed by atoms with Gasteiger partial charge < -0.3 is 10.2 Å². The Labute approximate surface area is 210 Å². The van der Waals surface area contributed by atoms with Gasteiger partial charge in [0.15, 0.2) is 0 Å². The number of amides is 2. The maximum absolute atomic E-state index is 13.2. The third-order valence-corrected chi connectivity index (χ3v) is 6.06. The first-order valence-electron chi connectivity index (χ1n) is 11.9. The summed E-state index contributed by atoms with van der Waals surface area (Å²) in [6.07, 6.45) is 0.0942. The number of likely N-dealkylation sites (N-methyl/N-ethyl adjacent to an activating group) is 1. The molecule has 7 heteroatoms. The topological polar surface area (TPSA) is 67.2 Å². The fraction of sp³-hybridized carbons (Fsp3) is 0.207. The van der Waals surface area contributed by atoms with E-state index in [2.05, 4.69) is 5.32 Å². The average molecular weight is 485 g/mol. The van der Waals surface area contributed by atoms with Crippen LogP contribution in [-0.4, -0.2) is 39.6 Å². The summed E-state index contributed by atoms with van der Waals surface area (Å²) in [6.45, 7) is 6.00. The van der Waals surface area contributed by atoms with Gasteiger partial charge in [0, 0.05) is 12.1 Å². The Morgan fingerprint density at radius 2 is 1.61 bits per heavy atom. The summed E-state index contributed by atoms with van der Waals surface area (Å²) in [5, 5.41) is 7.79. The largest absolute Gasteiger partial charge is 0.333 e. The summed E-state index contributed by atoms with van der Waals surface area (Å²) in [5.41, 5.74) is 5.11. The van der Waals surface area contributed by atoms with E-state index in [1.807, 2.05) is 75.4 Å². The molecule has 1 aromatic heterocycles. The van der Waals surface area contributed by atoms with Crippen molar-refractivity contribution in [3.63, 3.8) is 0 Å². The number of aromatic nitrogens is 2. The number of aryl methyl sites for hydroxylation is 2. The van der Waals surface area contributed by atoms with E-state index >= 15 is 0 Å². The Morgan fingerprint density at radius 1 is 0.944 bits per heavy atom. The summed E-state index contributed by atoms with van der Waals surface area (Å²) in [7, 11) is 0. The van der Waals surface area contributed by atoms with Gasteiger partial charge in [0.1, 0.15) is 11.6 Å². The van der Waals surface area contributed by atoms with Crippen molar-refractivity contribution >= 4 is 17.6 Å². The molecule has 4 rings (SSSR count). The molecule has 0 fully saturated rings. The van der Waals surface area contributed by atoms with Crippen LogP contribution in [0.5, 0.6) is 0 Å². The Balaban J connectivity index is 1.62. The maximum atomic E-state index is 13.2. The third kappa shape index (κ3) is 5.51. The lowest BCUT2D eigenvalue weighted by Crippen LogP contribution is -2.39. The summed E-state index contributed by atoms with van der Waals surface area (Å²) >= 11 is 0. The smallest absolute Gasteiger partial charge is 0.245 e. The highest BCUT2D eigenvalue weighted by molar-refractivity contribution is 5.98. The molecule has 184 valence electrons. The van der Waals surface area contributed by atoms with Gasteiger partial charge in [0.05, 0.1) is 24.3 Å². The second kappa shape index (κ2) is 11.0. The van der Waals surface area contributed by atoms with Crippen LogP contribution in [0.3, 0.4) is 0 Å². The SMILES string of the molecule is CCN(CC(=O)Nc1c(-c2ccccc2)c(C)nn1-c1ccccc1C)C(=O)Cc1ccc(F)cc1. The highest BCUT2D eigenvalue weighted by atomic mass is 19.1. The minimum atomic E-state index is -0.354. The molecule has 3 aromatic carbocycles. The Kier molecular flexibility index (Phi) is 7.59. The summed E-state index contributed by atoms with van der Waals surface area (Å²) in [5.74, 6) is -0.324. The number of rotatable bonds is 8. The van der Waals surface area contributed by atoms with Crippen LogP contribution in [0.2, 0.25) is 0 Å². The van der Waals surface area contributed by atoms with E-state index in [9.17, 15) is 14.0 Å². The first-order chi connectivity index (χ1) is 17.4. The third-order valence-electron chi connectivity index (χ3n) is 6.06. The van der Waals surface area contributed by atoms with Crippen LogP contribution in [-0.2, 0) is 16.0 Å². The van der Waals surface area contributed by atoms with Crippen molar-refractivity contribution in [2.75, 3.05) is 18.4 Å². The number of hydrogen-bond acceptors (Lipinski definition) is 3. The number of nitrogens with zero attached hydrogens (tertiary/aromatic N) is 3. The molecule has 1 N–H and O–H groups in total. The molecule has 0 aliphatic rings. The lowest BCUT2D eigenvalue weighted by atomic mass is 10.1. The fourth-order valence-corrected chi connectivity index (χ4v) is 4.18. The van der Waals surface area contributed by atoms with Gasteiger partial charge >= 0.3 is 0 Å². The zero-order valence-corrected chi connectivity index (χ0v) is 20.7. The van der Waals surface area contributed by atoms with Gasteiger partial charge in [-0.3, -0.25) is 9.59 Å². The predicted molar refractivity (Wildman–Crippen MR) is 139 cm³/mol. The number of anilines is 1. The van der Waals surface area contributed by atoms with Crippen molar-refractivity contribution in [1.82, 2.24) is 14.7 Å². The van der Waals surface area contributed by atoms with Crippen LogP contribution < -0.4 is 5.32 Å². The molecule has 6 nitrogen and oxygen atoms in total. The molecule has 4 aromatic rings. The Hall–Kier alpha value is -4.26. The van der Waals surface area contributed by atoms with Crippen molar-refractivity contribution in [3.05, 3.63) is 102 Å². The number of carbonyl (C=O) groups excluding carboxylic acids is 2. The number of nitrogens with one attached hydrogen (secondary N) is 1. The van der Waals surface area contributed by atoms with Gasteiger partial charge in [-0.25, -0.2) is 9.07 Å². The second-order valence-electron chi connectivity index (χ2n) is 8.63. The molecule has 0 aliphatic carbocycles. The van der Waals surface area contributed by atoms with E-state index in [1.54, 1.807) is 16.8 Å². The second-order valence-corrected chi connectivity index (χ2v) is 8.63. The van der Waals surface area contributed by atoms with Crippen molar-refractivity contribution in [2.24, 2.45) is 0 Å². The van der Waals surface area contributed by atoms with Gasteiger partial charge in [-0.15, -0.1) is 0 Å². The van der Waals surface area contributed by atoms with Gasteiger partial charge in [0.25, 0.3) is 0 Å². The van der Waals surface area contributed by atoms with Crippen LogP contribution in [0.1, 0.15) is 23.7 Å². The van der Waals surface area contributed by atoms with Gasteiger partial charge in [0.2, 0.25) is 11.8 Å². The zero-order valence-electron chi connectivity index (χ0n) is 20.7. The minimum Gasteiger partial charge on any atom is -0.333 e. The molecule has 0 atom stereocenters. The van der Waals surface area contributed by atoms with Crippen molar-refractivity contribution in [1.29, 1.82) is 0 Å². The van der Waals surface area contributed by atoms with E-state index in [1.165, 1.54) is 17.0 Å². The van der Waals surface area contributed by atoms with E-state index in [0.29, 0.717) is 17.9 Å². The first kappa shape index (κ1) is 24.9. The molecule has 2 amide bonds. The fourth-order valence-electron chi connectivity index (χ4n) is 4.18. The Morgan fingerprint density at radius 3 is 2.28 bits per heavy atom. The molecule has 0 unspecified atom stereocenters. The lowest BCUT2D eigenvalue weighted by molar-refractivity contribution is -0.133. The van der Waals surface area contributed by atoms with Gasteiger partial charge in [-0.05, 0) is 55.7 Å². The summed E-state index contributed by atoms with van der Waals surface area (Å²) in [4.78, 5) is 27.6. The number of carbonyl (C=O) groups is 2. The summed E-state index contributed by atoms with van der Waals surface area (Å²) < 4.78 is 15.0. The number of hydrogen-bond donors (Lipinski definition) is 1. The summed E-state index contributed by atoms with van der Waals surface area (Å²) in [6, 6.07) is 23.4. The van der Waals surface area contributed by atoms with Crippen LogP contribution >= 0.6 is 0 Å². The number of para-hydroxylation sites is 1. The highest BCUT2D eigenvalue weighted by Crippen LogP contribution is 2.34. The van der Waals surface area contributed by atoms with Crippen LogP contribution in [0.4, 0.5) is 10.2 Å². The van der Waals surface area contributed by atoms with Crippen LogP contribution in [0.15, 0.2) is 78.9 Å². The number of halogens is 1. The van der Waals surface area contributed by atoms with Gasteiger partial charge in [-0.1, -0.05) is 60.7 Å². The molecule has 0 saturated heterocycles. The van der Waals surface area contributed by atoms with Crippen LogP contribution in [0, 0.1) is 19.7 Å². The van der Waals surface area contributed by atoms with Crippen molar-refractivity contribution in [2.45, 2.75) is 27.2 Å². The molecule has 0 saturated carbocycles.